The van der Waals surface area contributed by atoms with Crippen LogP contribution in [0, 0.1) is 6.92 Å². The lowest BCUT2D eigenvalue weighted by Gasteiger charge is -2.09. The normalized spacial score (nSPS) is 11.8. The quantitative estimate of drug-likeness (QED) is 0.762. The van der Waals surface area contributed by atoms with Gasteiger partial charge in [0.25, 0.3) is 0 Å². The number of halogens is 1. The van der Waals surface area contributed by atoms with Gasteiger partial charge in [-0.15, -0.1) is 0 Å². The first-order valence-corrected chi connectivity index (χ1v) is 5.99. The number of rotatable bonds is 5. The van der Waals surface area contributed by atoms with Gasteiger partial charge in [0.05, 0.1) is 0 Å². The van der Waals surface area contributed by atoms with E-state index in [1.165, 1.54) is 11.1 Å². The maximum Gasteiger partial charge on any atom is 0.0408 e. The molecule has 0 saturated carbocycles. The summed E-state index contributed by atoms with van der Waals surface area (Å²) in [4.78, 5) is 0. The Balaban J connectivity index is 2.66. The zero-order valence-corrected chi connectivity index (χ0v) is 11.1. The lowest BCUT2D eigenvalue weighted by atomic mass is 10.1. The average Bonchev–Trinajstić information content (AvgIpc) is 2.31. The first-order valence-electron chi connectivity index (χ1n) is 5.61. The highest BCUT2D eigenvalue weighted by atomic mass is 35.5. The Bertz CT molecular complexity index is 444. The van der Waals surface area contributed by atoms with E-state index in [2.05, 4.69) is 24.9 Å². The van der Waals surface area contributed by atoms with Crippen molar-refractivity contribution in [3.63, 3.8) is 0 Å². The zero-order valence-electron chi connectivity index (χ0n) is 10.3. The summed E-state index contributed by atoms with van der Waals surface area (Å²) in [6, 6.07) is 5.95. The fourth-order valence-corrected chi connectivity index (χ4v) is 1.71. The topological polar surface area (TPSA) is 12.0 Å². The molecule has 0 aliphatic heterocycles. The van der Waals surface area contributed by atoms with Gasteiger partial charge in [0, 0.05) is 17.3 Å². The van der Waals surface area contributed by atoms with Crippen LogP contribution in [0.1, 0.15) is 18.1 Å². The van der Waals surface area contributed by atoms with E-state index in [0.717, 1.165) is 17.3 Å². The molecule has 0 fully saturated rings. The Morgan fingerprint density at radius 2 is 2.24 bits per heavy atom. The molecular weight excluding hydrogens is 230 g/mol. The van der Waals surface area contributed by atoms with Crippen LogP contribution in [-0.4, -0.2) is 0 Å². The van der Waals surface area contributed by atoms with Crippen molar-refractivity contribution in [2.45, 2.75) is 20.4 Å². The summed E-state index contributed by atoms with van der Waals surface area (Å²) in [5, 5.41) is 4.15. The van der Waals surface area contributed by atoms with Gasteiger partial charge in [-0.2, -0.15) is 0 Å². The average molecular weight is 248 g/mol. The van der Waals surface area contributed by atoms with Crippen LogP contribution in [0.25, 0.3) is 0 Å². The predicted octanol–water partition coefficient (Wildman–Crippen LogP) is 4.38. The number of hydrogen-bond donors (Lipinski definition) is 1. The number of hydrogen-bond acceptors (Lipinski definition) is 1. The minimum atomic E-state index is 0.782. The van der Waals surface area contributed by atoms with Gasteiger partial charge in [-0.1, -0.05) is 42.5 Å². The maximum atomic E-state index is 5.92. The lowest BCUT2D eigenvalue weighted by molar-refractivity contribution is 0.825. The molecule has 0 unspecified atom stereocenters. The van der Waals surface area contributed by atoms with Gasteiger partial charge < -0.3 is 5.32 Å². The molecule has 0 aliphatic carbocycles. The molecule has 0 bridgehead atoms. The zero-order chi connectivity index (χ0) is 12.7. The van der Waals surface area contributed by atoms with Crippen LogP contribution in [0.2, 0.25) is 5.02 Å². The van der Waals surface area contributed by atoms with Crippen LogP contribution in [0.4, 0.5) is 0 Å². The number of aryl methyl sites for hydroxylation is 1. The smallest absolute Gasteiger partial charge is 0.0408 e. The van der Waals surface area contributed by atoms with E-state index in [4.69, 9.17) is 11.6 Å². The molecule has 1 aromatic carbocycles. The van der Waals surface area contributed by atoms with E-state index >= 15 is 0 Å². The molecule has 0 atom stereocenters. The standard InChI is InChI=1S/C15H18ClN/c1-4-6-7-15(5-2)17-11-13-8-9-14(16)10-12(13)3/h4-10,17H,1,11H2,2-3H3/b7-6-,15-5-. The van der Waals surface area contributed by atoms with Crippen LogP contribution in [0.15, 0.2) is 54.8 Å². The van der Waals surface area contributed by atoms with E-state index in [1.807, 2.05) is 37.3 Å². The van der Waals surface area contributed by atoms with E-state index in [-0.39, 0.29) is 0 Å². The summed E-state index contributed by atoms with van der Waals surface area (Å²) >= 11 is 5.92. The fourth-order valence-electron chi connectivity index (χ4n) is 1.48. The maximum absolute atomic E-state index is 5.92. The molecule has 0 aromatic heterocycles. The third kappa shape index (κ3) is 4.49. The van der Waals surface area contributed by atoms with Crippen LogP contribution in [-0.2, 0) is 6.54 Å². The van der Waals surface area contributed by atoms with Gasteiger partial charge in [-0.05, 0) is 43.2 Å². The van der Waals surface area contributed by atoms with E-state index < -0.39 is 0 Å². The molecule has 90 valence electrons. The van der Waals surface area contributed by atoms with Crippen molar-refractivity contribution in [2.24, 2.45) is 0 Å². The minimum Gasteiger partial charge on any atom is -0.381 e. The van der Waals surface area contributed by atoms with Gasteiger partial charge in [-0.25, -0.2) is 0 Å². The molecule has 17 heavy (non-hydrogen) atoms. The highest BCUT2D eigenvalue weighted by Crippen LogP contribution is 2.15. The summed E-state index contributed by atoms with van der Waals surface area (Å²) in [7, 11) is 0. The summed E-state index contributed by atoms with van der Waals surface area (Å²) in [5.41, 5.74) is 3.54. The first kappa shape index (κ1) is 13.6. The molecule has 1 rings (SSSR count). The first-order chi connectivity index (χ1) is 8.17. The van der Waals surface area contributed by atoms with Gasteiger partial charge >= 0.3 is 0 Å². The molecular formula is C15H18ClN. The monoisotopic (exact) mass is 247 g/mol. The largest absolute Gasteiger partial charge is 0.381 e. The van der Waals surface area contributed by atoms with Crippen molar-refractivity contribution in [2.75, 3.05) is 0 Å². The summed E-state index contributed by atoms with van der Waals surface area (Å²) in [5.74, 6) is 0. The molecule has 0 aliphatic rings. The highest BCUT2D eigenvalue weighted by molar-refractivity contribution is 6.30. The Kier molecular flexibility index (Phi) is 5.58. The van der Waals surface area contributed by atoms with E-state index in [0.29, 0.717) is 0 Å². The van der Waals surface area contributed by atoms with Crippen molar-refractivity contribution < 1.29 is 0 Å². The van der Waals surface area contributed by atoms with Crippen molar-refractivity contribution in [3.8, 4) is 0 Å². The van der Waals surface area contributed by atoms with Crippen molar-refractivity contribution in [1.29, 1.82) is 0 Å². The minimum absolute atomic E-state index is 0.782. The second kappa shape index (κ2) is 6.97. The Labute approximate surface area is 109 Å². The van der Waals surface area contributed by atoms with Crippen LogP contribution in [0.5, 0.6) is 0 Å². The van der Waals surface area contributed by atoms with Crippen LogP contribution >= 0.6 is 11.6 Å². The summed E-state index contributed by atoms with van der Waals surface area (Å²) in [6.07, 6.45) is 7.71. The SMILES string of the molecule is C=C/C=C\C(=C\C)NCc1ccc(Cl)cc1C. The second-order valence-corrected chi connectivity index (χ2v) is 4.20. The predicted molar refractivity (Wildman–Crippen MR) is 76.1 cm³/mol. The molecule has 0 heterocycles. The van der Waals surface area contributed by atoms with Crippen molar-refractivity contribution >= 4 is 11.6 Å². The number of benzene rings is 1. The van der Waals surface area contributed by atoms with Crippen LogP contribution < -0.4 is 5.32 Å². The van der Waals surface area contributed by atoms with Crippen molar-refractivity contribution in [3.05, 3.63) is 70.9 Å². The molecule has 1 aromatic rings. The Hall–Kier alpha value is -1.47. The molecule has 1 N–H and O–H groups in total. The summed E-state index contributed by atoms with van der Waals surface area (Å²) in [6.45, 7) is 8.52. The lowest BCUT2D eigenvalue weighted by Crippen LogP contribution is -2.11. The number of nitrogens with one attached hydrogen (secondary N) is 1. The fraction of sp³-hybridized carbons (Fsp3) is 0.200. The van der Waals surface area contributed by atoms with Gasteiger partial charge in [0.2, 0.25) is 0 Å². The molecule has 2 heteroatoms. The Morgan fingerprint density at radius 3 is 2.82 bits per heavy atom. The Morgan fingerprint density at radius 1 is 1.47 bits per heavy atom. The molecule has 1 nitrogen and oxygen atoms in total. The van der Waals surface area contributed by atoms with Crippen molar-refractivity contribution in [1.82, 2.24) is 5.32 Å². The number of allylic oxidation sites excluding steroid dienone is 4. The molecule has 0 radical (unpaired) electrons. The van der Waals surface area contributed by atoms with Crippen LogP contribution in [0.3, 0.4) is 0 Å². The van der Waals surface area contributed by atoms with Gasteiger partial charge in [0.15, 0.2) is 0 Å². The molecule has 0 spiro atoms. The third-order valence-electron chi connectivity index (χ3n) is 2.51. The molecule has 0 saturated heterocycles. The second-order valence-electron chi connectivity index (χ2n) is 3.76. The van der Waals surface area contributed by atoms with Gasteiger partial charge in [0.1, 0.15) is 0 Å². The third-order valence-corrected chi connectivity index (χ3v) is 2.75. The molecule has 0 amide bonds. The van der Waals surface area contributed by atoms with E-state index in [1.54, 1.807) is 6.08 Å². The van der Waals surface area contributed by atoms with E-state index in [9.17, 15) is 0 Å². The van der Waals surface area contributed by atoms with Gasteiger partial charge in [-0.3, -0.25) is 0 Å². The summed E-state index contributed by atoms with van der Waals surface area (Å²) < 4.78 is 0. The highest BCUT2D eigenvalue weighted by Gasteiger charge is 1.99.